The Morgan fingerprint density at radius 2 is 1.82 bits per heavy atom. The van der Waals surface area contributed by atoms with E-state index < -0.39 is 5.97 Å². The fourth-order valence-electron chi connectivity index (χ4n) is 3.42. The van der Waals surface area contributed by atoms with Gasteiger partial charge in [0.1, 0.15) is 17.4 Å². The number of anilines is 1. The van der Waals surface area contributed by atoms with Crippen molar-refractivity contribution in [2.24, 2.45) is 17.3 Å². The van der Waals surface area contributed by atoms with E-state index in [1.54, 1.807) is 18.0 Å². The normalized spacial score (nSPS) is 14.1. The molecule has 6 nitrogen and oxygen atoms in total. The van der Waals surface area contributed by atoms with E-state index in [2.05, 4.69) is 57.6 Å². The van der Waals surface area contributed by atoms with Crippen LogP contribution in [0.15, 0.2) is 17.7 Å². The zero-order valence-electron chi connectivity index (χ0n) is 27.1. The van der Waals surface area contributed by atoms with E-state index in [0.717, 1.165) is 49.1 Å². The van der Waals surface area contributed by atoms with Crippen molar-refractivity contribution in [3.63, 3.8) is 0 Å². The molecule has 1 heterocycles. The summed E-state index contributed by atoms with van der Waals surface area (Å²) in [4.78, 5) is 36.9. The summed E-state index contributed by atoms with van der Waals surface area (Å²) in [6, 6.07) is 1.72. The number of thiophene rings is 1. The Balaban J connectivity index is 0. The second-order valence-electron chi connectivity index (χ2n) is 11.4. The zero-order valence-corrected chi connectivity index (χ0v) is 27.9. The number of hydrogen-bond acceptors (Lipinski definition) is 6. The Hall–Kier alpha value is -2.43. The van der Waals surface area contributed by atoms with E-state index in [4.69, 9.17) is 0 Å². The fourth-order valence-corrected chi connectivity index (χ4v) is 4.32. The fraction of sp³-hybridized carbons (Fsp3) is 0.667. The summed E-state index contributed by atoms with van der Waals surface area (Å²) in [5.41, 5.74) is 1.83. The van der Waals surface area contributed by atoms with Gasteiger partial charge in [-0.05, 0) is 91.9 Å². The van der Waals surface area contributed by atoms with Crippen LogP contribution in [-0.4, -0.2) is 62.3 Å². The monoisotopic (exact) mass is 576 g/mol. The summed E-state index contributed by atoms with van der Waals surface area (Å²) in [6.45, 7) is 21.5. The summed E-state index contributed by atoms with van der Waals surface area (Å²) in [5, 5.41) is 9.17. The first-order valence-corrected chi connectivity index (χ1v) is 15.4. The van der Waals surface area contributed by atoms with Crippen molar-refractivity contribution in [1.29, 1.82) is 0 Å². The molecule has 1 aliphatic carbocycles. The number of nitrogens with zero attached hydrogens (tertiary/aromatic N) is 2. The molecule has 1 aromatic rings. The molecule has 228 valence electrons. The number of carboxylic acid groups (broad SMARTS) is 1. The average Bonchev–Trinajstić information content (AvgIpc) is 3.34. The van der Waals surface area contributed by atoms with Crippen LogP contribution in [0.2, 0.25) is 0 Å². The Bertz CT molecular complexity index is 948. The Morgan fingerprint density at radius 1 is 1.20 bits per heavy atom. The predicted molar refractivity (Wildman–Crippen MR) is 173 cm³/mol. The maximum Gasteiger partial charge on any atom is 0.348 e. The van der Waals surface area contributed by atoms with Gasteiger partial charge in [-0.15, -0.1) is 11.3 Å². The summed E-state index contributed by atoms with van der Waals surface area (Å²) < 4.78 is 0. The van der Waals surface area contributed by atoms with Gasteiger partial charge in [0.15, 0.2) is 0 Å². The van der Waals surface area contributed by atoms with E-state index in [0.29, 0.717) is 16.5 Å². The van der Waals surface area contributed by atoms with Crippen LogP contribution in [0.4, 0.5) is 5.69 Å². The Morgan fingerprint density at radius 3 is 2.25 bits per heavy atom. The van der Waals surface area contributed by atoms with Crippen molar-refractivity contribution >= 4 is 35.6 Å². The van der Waals surface area contributed by atoms with Crippen LogP contribution in [-0.2, 0) is 9.59 Å². The van der Waals surface area contributed by atoms with E-state index in [1.807, 2.05) is 34.6 Å². The second-order valence-corrected chi connectivity index (χ2v) is 12.4. The minimum absolute atomic E-state index is 0.137. The van der Waals surface area contributed by atoms with E-state index in [1.165, 1.54) is 31.5 Å². The molecular formula is C33H56N2O4S. The van der Waals surface area contributed by atoms with Gasteiger partial charge in [-0.1, -0.05) is 58.1 Å². The molecule has 0 amide bonds. The van der Waals surface area contributed by atoms with Gasteiger partial charge >= 0.3 is 5.97 Å². The number of hydrogen-bond donors (Lipinski definition) is 1. The highest BCUT2D eigenvalue weighted by Gasteiger charge is 2.18. The van der Waals surface area contributed by atoms with Gasteiger partial charge in [0.25, 0.3) is 0 Å². The number of allylic oxidation sites excluding steroid dienone is 2. The molecule has 1 aromatic heterocycles. The lowest BCUT2D eigenvalue weighted by molar-refractivity contribution is -0.111. The first kappa shape index (κ1) is 39.7. The van der Waals surface area contributed by atoms with Crippen LogP contribution in [0.1, 0.15) is 109 Å². The lowest BCUT2D eigenvalue weighted by Crippen LogP contribution is -2.21. The van der Waals surface area contributed by atoms with E-state index in [-0.39, 0.29) is 16.8 Å². The van der Waals surface area contributed by atoms with Crippen molar-refractivity contribution in [3.8, 4) is 11.8 Å². The van der Waals surface area contributed by atoms with E-state index >= 15 is 0 Å². The summed E-state index contributed by atoms with van der Waals surface area (Å²) >= 11 is 1.13. The molecular weight excluding hydrogens is 520 g/mol. The Kier molecular flexibility index (Phi) is 22.1. The zero-order chi connectivity index (χ0) is 31.3. The summed E-state index contributed by atoms with van der Waals surface area (Å²) in [6.07, 6.45) is 9.73. The van der Waals surface area contributed by atoms with Gasteiger partial charge in [0.05, 0.1) is 17.1 Å². The molecule has 1 aliphatic rings. The first-order chi connectivity index (χ1) is 18.7. The van der Waals surface area contributed by atoms with Crippen molar-refractivity contribution in [3.05, 3.63) is 27.5 Å². The minimum atomic E-state index is -0.999. The lowest BCUT2D eigenvalue weighted by atomic mass is 9.92. The molecule has 1 atom stereocenters. The van der Waals surface area contributed by atoms with Gasteiger partial charge in [-0.25, -0.2) is 4.79 Å². The Labute approximate surface area is 249 Å². The van der Waals surface area contributed by atoms with Crippen molar-refractivity contribution < 1.29 is 19.5 Å². The molecule has 0 aliphatic heterocycles. The minimum Gasteiger partial charge on any atom is -0.477 e. The molecule has 7 heteroatoms. The third-order valence-electron chi connectivity index (χ3n) is 5.79. The topological polar surface area (TPSA) is 77.9 Å². The molecule has 1 N–H and O–H groups in total. The maximum atomic E-state index is 11.2. The van der Waals surface area contributed by atoms with Gasteiger partial charge in [-0.3, -0.25) is 0 Å². The molecule has 0 saturated heterocycles. The van der Waals surface area contributed by atoms with Gasteiger partial charge in [-0.2, -0.15) is 0 Å². The standard InChI is InChI=1S/C14H17NO3S.C9H21N.C8H12O.C2H6/c1-14(2,3)6-5-10-9-11(15(4)7-8-16)12(19-10)13(17)18;1-5-7-10(4)8-6-9(2)3;1-7-2-4-8(6-9)5-3-7;1-2/h8-9H,7H2,1-4H3,(H,17,18);9H,5-8H2,1-4H3;2,6,8H,3-5H2,1H3;1-2H3. The highest BCUT2D eigenvalue weighted by molar-refractivity contribution is 7.15. The third-order valence-corrected chi connectivity index (χ3v) is 6.82. The summed E-state index contributed by atoms with van der Waals surface area (Å²) in [5.74, 6) is 6.22. The number of aldehydes is 2. The number of carboxylic acids is 1. The third kappa shape index (κ3) is 19.6. The van der Waals surface area contributed by atoms with Gasteiger partial charge in [0.2, 0.25) is 0 Å². The molecule has 2 rings (SSSR count). The molecule has 40 heavy (non-hydrogen) atoms. The van der Waals surface area contributed by atoms with Gasteiger partial charge < -0.3 is 24.5 Å². The van der Waals surface area contributed by atoms with Crippen LogP contribution in [0, 0.1) is 29.1 Å². The highest BCUT2D eigenvalue weighted by Crippen LogP contribution is 2.29. The van der Waals surface area contributed by atoms with Crippen molar-refractivity contribution in [2.75, 3.05) is 38.6 Å². The van der Waals surface area contributed by atoms with Crippen LogP contribution >= 0.6 is 11.3 Å². The second kappa shape index (κ2) is 22.3. The smallest absolute Gasteiger partial charge is 0.348 e. The van der Waals surface area contributed by atoms with Crippen LogP contribution in [0.3, 0.4) is 0 Å². The van der Waals surface area contributed by atoms with Crippen molar-refractivity contribution in [2.45, 2.75) is 94.4 Å². The van der Waals surface area contributed by atoms with Gasteiger partial charge in [0, 0.05) is 18.4 Å². The number of rotatable bonds is 10. The molecule has 0 fully saturated rings. The molecule has 0 aromatic carbocycles. The summed E-state index contributed by atoms with van der Waals surface area (Å²) in [7, 11) is 3.88. The number of carbonyl (C=O) groups is 3. The molecule has 0 radical (unpaired) electrons. The molecule has 0 bridgehead atoms. The average molecular weight is 577 g/mol. The quantitative estimate of drug-likeness (QED) is 0.174. The predicted octanol–water partition coefficient (Wildman–Crippen LogP) is 7.81. The molecule has 0 saturated carbocycles. The number of likely N-dealkylation sites (N-methyl/N-ethyl adjacent to an activating group) is 1. The molecule has 1 unspecified atom stereocenters. The molecule has 0 spiro atoms. The number of carbonyl (C=O) groups excluding carboxylic acids is 2. The largest absolute Gasteiger partial charge is 0.477 e. The first-order valence-electron chi connectivity index (χ1n) is 14.6. The van der Waals surface area contributed by atoms with Crippen molar-refractivity contribution in [1.82, 2.24) is 4.90 Å². The van der Waals surface area contributed by atoms with Crippen LogP contribution in [0.25, 0.3) is 0 Å². The van der Waals surface area contributed by atoms with Crippen LogP contribution < -0.4 is 4.90 Å². The SMILES string of the molecule is CC.CC1=CCC(C=O)CC1.CCCN(C)CCC(C)C.CN(CC=O)c1cc(C#CC(C)(C)C)sc1C(=O)O. The number of aromatic carboxylic acids is 1. The maximum absolute atomic E-state index is 11.2. The van der Waals surface area contributed by atoms with E-state index in [9.17, 15) is 19.5 Å². The highest BCUT2D eigenvalue weighted by atomic mass is 32.1. The van der Waals surface area contributed by atoms with Crippen LogP contribution in [0.5, 0.6) is 0 Å². The lowest BCUT2D eigenvalue weighted by Gasteiger charge is -2.16.